The van der Waals surface area contributed by atoms with Gasteiger partial charge in [-0.1, -0.05) is 18.2 Å². The van der Waals surface area contributed by atoms with Crippen LogP contribution in [0.3, 0.4) is 0 Å². The molecule has 0 heterocycles. The number of carbonyl (C=O) groups is 1. The summed E-state index contributed by atoms with van der Waals surface area (Å²) in [6, 6.07) is 8.53. The van der Waals surface area contributed by atoms with E-state index in [1.165, 1.54) is 10.5 Å². The largest absolute Gasteiger partial charge is 0.368 e. The third kappa shape index (κ3) is 3.36. The van der Waals surface area contributed by atoms with Gasteiger partial charge in [-0.15, -0.1) is 11.8 Å². The minimum Gasteiger partial charge on any atom is -0.368 e. The molecule has 20 heavy (non-hydrogen) atoms. The molecule has 1 amide bonds. The molecule has 0 spiro atoms. The number of aryl methyl sites for hydroxylation is 1. The molecule has 1 aromatic rings. The number of thioether (sulfide) groups is 1. The normalized spacial score (nSPS) is 18.0. The third-order valence-electron chi connectivity index (χ3n) is 3.81. The molecule has 110 valence electrons. The van der Waals surface area contributed by atoms with Crippen LogP contribution in [0.15, 0.2) is 29.2 Å². The number of benzene rings is 1. The van der Waals surface area contributed by atoms with Crippen molar-refractivity contribution in [1.82, 2.24) is 5.32 Å². The maximum absolute atomic E-state index is 12.1. The monoisotopic (exact) mass is 292 g/mol. The summed E-state index contributed by atoms with van der Waals surface area (Å²) in [5.74, 6) is 0.879. The van der Waals surface area contributed by atoms with Crippen molar-refractivity contribution in [2.24, 2.45) is 11.7 Å². The molecule has 3 nitrogen and oxygen atoms in total. The summed E-state index contributed by atoms with van der Waals surface area (Å²) in [6.45, 7) is 6.23. The van der Waals surface area contributed by atoms with Crippen LogP contribution in [0, 0.1) is 12.8 Å². The summed E-state index contributed by atoms with van der Waals surface area (Å²) in [6.07, 6.45) is 2.19. The molecule has 1 aliphatic rings. The van der Waals surface area contributed by atoms with Gasteiger partial charge >= 0.3 is 0 Å². The lowest BCUT2D eigenvalue weighted by atomic mass is 9.93. The van der Waals surface area contributed by atoms with Crippen LogP contribution in [0.25, 0.3) is 0 Å². The molecular weight excluding hydrogens is 268 g/mol. The Morgan fingerprint density at radius 3 is 2.60 bits per heavy atom. The molecule has 0 aromatic heterocycles. The SMILES string of the molecule is Cc1ccccc1SCC(NC(C)C)(C(N)=O)C1CC1. The van der Waals surface area contributed by atoms with E-state index in [0.29, 0.717) is 11.7 Å². The second kappa shape index (κ2) is 6.19. The minimum absolute atomic E-state index is 0.213. The number of hydrogen-bond donors (Lipinski definition) is 2. The Morgan fingerprint density at radius 1 is 1.45 bits per heavy atom. The Bertz CT molecular complexity index is 485. The van der Waals surface area contributed by atoms with E-state index in [1.807, 2.05) is 12.1 Å². The molecule has 1 fully saturated rings. The van der Waals surface area contributed by atoms with Crippen molar-refractivity contribution in [2.45, 2.75) is 50.1 Å². The van der Waals surface area contributed by atoms with Crippen molar-refractivity contribution in [3.05, 3.63) is 29.8 Å². The molecular formula is C16H24N2OS. The fourth-order valence-electron chi connectivity index (χ4n) is 2.62. The van der Waals surface area contributed by atoms with Gasteiger partial charge in [-0.3, -0.25) is 4.79 Å². The minimum atomic E-state index is -0.568. The molecule has 0 aliphatic heterocycles. The van der Waals surface area contributed by atoms with Crippen LogP contribution in [-0.2, 0) is 4.79 Å². The second-order valence-corrected chi connectivity index (χ2v) is 6.98. The van der Waals surface area contributed by atoms with Crippen molar-refractivity contribution < 1.29 is 4.79 Å². The summed E-state index contributed by atoms with van der Waals surface area (Å²) in [4.78, 5) is 13.3. The Kier molecular flexibility index (Phi) is 4.76. The standard InChI is InChI=1S/C16H24N2OS/c1-11(2)18-16(15(17)19,13-8-9-13)10-20-14-7-5-4-6-12(14)3/h4-7,11,13,18H,8-10H2,1-3H3,(H2,17,19). The first-order chi connectivity index (χ1) is 9.45. The quantitative estimate of drug-likeness (QED) is 0.760. The van der Waals surface area contributed by atoms with Crippen molar-refractivity contribution in [3.63, 3.8) is 0 Å². The Hall–Kier alpha value is -1.00. The number of nitrogens with two attached hydrogens (primary N) is 1. The molecule has 2 rings (SSSR count). The molecule has 1 atom stereocenters. The molecule has 1 aliphatic carbocycles. The first-order valence-electron chi connectivity index (χ1n) is 7.22. The Morgan fingerprint density at radius 2 is 2.10 bits per heavy atom. The molecule has 1 aromatic carbocycles. The molecule has 0 radical (unpaired) electrons. The summed E-state index contributed by atoms with van der Waals surface area (Å²) in [5.41, 5.74) is 6.43. The number of carbonyl (C=O) groups excluding carboxylic acids is 1. The van der Waals surface area contributed by atoms with Crippen molar-refractivity contribution in [3.8, 4) is 0 Å². The summed E-state index contributed by atoms with van der Waals surface area (Å²) in [5, 5.41) is 3.45. The highest BCUT2D eigenvalue weighted by Gasteiger charge is 2.49. The van der Waals surface area contributed by atoms with Gasteiger partial charge < -0.3 is 11.1 Å². The third-order valence-corrected chi connectivity index (χ3v) is 5.18. The number of amides is 1. The average Bonchev–Trinajstić information content (AvgIpc) is 3.20. The van der Waals surface area contributed by atoms with Gasteiger partial charge in [0, 0.05) is 16.7 Å². The molecule has 1 unspecified atom stereocenters. The van der Waals surface area contributed by atoms with E-state index >= 15 is 0 Å². The van der Waals surface area contributed by atoms with Crippen molar-refractivity contribution in [2.75, 3.05) is 5.75 Å². The molecule has 0 saturated heterocycles. The van der Waals surface area contributed by atoms with E-state index in [1.54, 1.807) is 11.8 Å². The van der Waals surface area contributed by atoms with Gasteiger partial charge in [0.25, 0.3) is 0 Å². The van der Waals surface area contributed by atoms with Crippen LogP contribution in [0.2, 0.25) is 0 Å². The fourth-order valence-corrected chi connectivity index (χ4v) is 3.94. The highest BCUT2D eigenvalue weighted by Crippen LogP contribution is 2.43. The Balaban J connectivity index is 2.15. The van der Waals surface area contributed by atoms with Gasteiger partial charge in [0.05, 0.1) is 0 Å². The van der Waals surface area contributed by atoms with E-state index in [0.717, 1.165) is 12.8 Å². The van der Waals surface area contributed by atoms with Crippen LogP contribution in [0.5, 0.6) is 0 Å². The summed E-state index contributed by atoms with van der Waals surface area (Å²) >= 11 is 1.73. The zero-order valence-corrected chi connectivity index (χ0v) is 13.3. The highest BCUT2D eigenvalue weighted by atomic mass is 32.2. The van der Waals surface area contributed by atoms with E-state index in [4.69, 9.17) is 5.73 Å². The summed E-state index contributed by atoms with van der Waals surface area (Å²) in [7, 11) is 0. The topological polar surface area (TPSA) is 55.1 Å². The zero-order valence-electron chi connectivity index (χ0n) is 12.5. The predicted octanol–water partition coefficient (Wildman–Crippen LogP) is 2.72. The van der Waals surface area contributed by atoms with Gasteiger partial charge in [-0.2, -0.15) is 0 Å². The Labute approximate surface area is 125 Å². The zero-order chi connectivity index (χ0) is 14.8. The van der Waals surface area contributed by atoms with Crippen LogP contribution in [-0.4, -0.2) is 23.2 Å². The molecule has 4 heteroatoms. The van der Waals surface area contributed by atoms with E-state index in [9.17, 15) is 4.79 Å². The summed E-state index contributed by atoms with van der Waals surface area (Å²) < 4.78 is 0. The second-order valence-electron chi connectivity index (χ2n) is 5.96. The van der Waals surface area contributed by atoms with E-state index < -0.39 is 5.54 Å². The first kappa shape index (κ1) is 15.4. The van der Waals surface area contributed by atoms with Crippen LogP contribution in [0.1, 0.15) is 32.3 Å². The smallest absolute Gasteiger partial charge is 0.238 e. The van der Waals surface area contributed by atoms with Crippen molar-refractivity contribution >= 4 is 17.7 Å². The maximum atomic E-state index is 12.1. The maximum Gasteiger partial charge on any atom is 0.238 e. The van der Waals surface area contributed by atoms with Gasteiger partial charge in [0.15, 0.2) is 0 Å². The lowest BCUT2D eigenvalue weighted by molar-refractivity contribution is -0.124. The number of primary amides is 1. The van der Waals surface area contributed by atoms with Gasteiger partial charge in [0.1, 0.15) is 5.54 Å². The highest BCUT2D eigenvalue weighted by molar-refractivity contribution is 7.99. The fraction of sp³-hybridized carbons (Fsp3) is 0.562. The van der Waals surface area contributed by atoms with E-state index in [2.05, 4.69) is 38.2 Å². The number of nitrogens with one attached hydrogen (secondary N) is 1. The van der Waals surface area contributed by atoms with Crippen molar-refractivity contribution in [1.29, 1.82) is 0 Å². The van der Waals surface area contributed by atoms with Gasteiger partial charge in [0.2, 0.25) is 5.91 Å². The molecule has 3 N–H and O–H groups in total. The molecule has 0 bridgehead atoms. The number of hydrogen-bond acceptors (Lipinski definition) is 3. The molecule has 1 saturated carbocycles. The first-order valence-corrected chi connectivity index (χ1v) is 8.20. The van der Waals surface area contributed by atoms with Crippen LogP contribution < -0.4 is 11.1 Å². The predicted molar refractivity (Wildman–Crippen MR) is 84.8 cm³/mol. The number of rotatable bonds is 7. The van der Waals surface area contributed by atoms with Crippen LogP contribution in [0.4, 0.5) is 0 Å². The average molecular weight is 292 g/mol. The van der Waals surface area contributed by atoms with Gasteiger partial charge in [-0.05, 0) is 51.2 Å². The van der Waals surface area contributed by atoms with Gasteiger partial charge in [-0.25, -0.2) is 0 Å². The van der Waals surface area contributed by atoms with Crippen LogP contribution >= 0.6 is 11.8 Å². The lowest BCUT2D eigenvalue weighted by Crippen LogP contribution is -2.61. The lowest BCUT2D eigenvalue weighted by Gasteiger charge is -2.34. The van der Waals surface area contributed by atoms with E-state index in [-0.39, 0.29) is 11.9 Å².